The Bertz CT molecular complexity index is 860. The number of thiazole rings is 1. The van der Waals surface area contributed by atoms with Gasteiger partial charge in [-0.2, -0.15) is 0 Å². The molecule has 0 aliphatic heterocycles. The van der Waals surface area contributed by atoms with E-state index in [1.54, 1.807) is 18.4 Å². The van der Waals surface area contributed by atoms with Crippen LogP contribution < -0.4 is 10.6 Å². The van der Waals surface area contributed by atoms with Crippen LogP contribution in [0.4, 0.5) is 0 Å². The number of guanidine groups is 1. The van der Waals surface area contributed by atoms with E-state index in [2.05, 4.69) is 51.6 Å². The zero-order valence-corrected chi connectivity index (χ0v) is 15.7. The van der Waals surface area contributed by atoms with Gasteiger partial charge in [0, 0.05) is 36.5 Å². The van der Waals surface area contributed by atoms with E-state index in [-0.39, 0.29) is 0 Å². The molecular weight excluding hydrogens is 330 g/mol. The molecule has 0 atom stereocenters. The Balaban J connectivity index is 1.55. The normalized spacial score (nSPS) is 11.7. The molecule has 1 aromatic carbocycles. The van der Waals surface area contributed by atoms with E-state index in [9.17, 15) is 0 Å². The van der Waals surface area contributed by atoms with E-state index in [1.807, 2.05) is 24.4 Å². The van der Waals surface area contributed by atoms with Gasteiger partial charge in [0.25, 0.3) is 0 Å². The molecule has 0 radical (unpaired) electrons. The Hall–Kier alpha value is -2.47. The summed E-state index contributed by atoms with van der Waals surface area (Å²) in [4.78, 5) is 14.6. The highest BCUT2D eigenvalue weighted by molar-refractivity contribution is 7.11. The molecular formula is C19H23N5S. The molecule has 0 fully saturated rings. The first-order valence-corrected chi connectivity index (χ1v) is 9.19. The molecule has 0 aliphatic rings. The topological polar surface area (TPSA) is 62.2 Å². The van der Waals surface area contributed by atoms with Crippen molar-refractivity contribution in [1.29, 1.82) is 0 Å². The smallest absolute Gasteiger partial charge is 0.191 e. The van der Waals surface area contributed by atoms with Crippen molar-refractivity contribution >= 4 is 28.1 Å². The molecule has 0 saturated heterocycles. The maximum atomic E-state index is 4.57. The molecule has 0 unspecified atom stereocenters. The molecule has 0 aliphatic carbocycles. The first kappa shape index (κ1) is 17.4. The van der Waals surface area contributed by atoms with E-state index >= 15 is 0 Å². The Kier molecular flexibility index (Phi) is 5.60. The van der Waals surface area contributed by atoms with E-state index in [0.29, 0.717) is 6.54 Å². The zero-order valence-electron chi connectivity index (χ0n) is 14.8. The van der Waals surface area contributed by atoms with Crippen molar-refractivity contribution in [3.05, 3.63) is 57.8 Å². The highest BCUT2D eigenvalue weighted by atomic mass is 32.1. The van der Waals surface area contributed by atoms with Gasteiger partial charge in [-0.25, -0.2) is 4.98 Å². The molecule has 2 aromatic heterocycles. The fourth-order valence-corrected chi connectivity index (χ4v) is 3.58. The fourth-order valence-electron chi connectivity index (χ4n) is 2.65. The third kappa shape index (κ3) is 4.33. The average Bonchev–Trinajstić information content (AvgIpc) is 2.95. The lowest BCUT2D eigenvalue weighted by atomic mass is 10.1. The van der Waals surface area contributed by atoms with Crippen molar-refractivity contribution in [2.24, 2.45) is 4.99 Å². The van der Waals surface area contributed by atoms with Crippen molar-refractivity contribution in [3.8, 4) is 0 Å². The van der Waals surface area contributed by atoms with Crippen LogP contribution in [-0.4, -0.2) is 29.5 Å². The molecule has 0 spiro atoms. The van der Waals surface area contributed by atoms with Crippen LogP contribution in [0.3, 0.4) is 0 Å². The number of hydrogen-bond acceptors (Lipinski definition) is 4. The van der Waals surface area contributed by atoms with Gasteiger partial charge < -0.3 is 10.6 Å². The summed E-state index contributed by atoms with van der Waals surface area (Å²) in [5, 5.41) is 10.2. The molecule has 0 amide bonds. The highest BCUT2D eigenvalue weighted by Gasteiger charge is 2.06. The fraction of sp³-hybridized carbons (Fsp3) is 0.316. The first-order chi connectivity index (χ1) is 12.2. The highest BCUT2D eigenvalue weighted by Crippen LogP contribution is 2.17. The summed E-state index contributed by atoms with van der Waals surface area (Å²) in [7, 11) is 1.78. The molecule has 2 heterocycles. The Morgan fingerprint density at radius 2 is 2.00 bits per heavy atom. The molecule has 0 saturated carbocycles. The van der Waals surface area contributed by atoms with E-state index in [0.717, 1.165) is 35.3 Å². The van der Waals surface area contributed by atoms with Crippen LogP contribution in [0, 0.1) is 13.8 Å². The van der Waals surface area contributed by atoms with Crippen LogP contribution in [0.1, 0.15) is 21.3 Å². The Labute approximate surface area is 152 Å². The monoisotopic (exact) mass is 353 g/mol. The standard InChI is InChI=1S/C19H23N5S/c1-13-14(2)25-18(24-13)9-11-22-19(20-3)23-12-17-16-7-5-4-6-15(16)8-10-21-17/h4-8,10H,9,11-12H2,1-3H3,(H2,20,22,23). The van der Waals surface area contributed by atoms with Crippen molar-refractivity contribution < 1.29 is 0 Å². The predicted molar refractivity (Wildman–Crippen MR) is 105 cm³/mol. The summed E-state index contributed by atoms with van der Waals surface area (Å²) >= 11 is 1.76. The molecule has 5 nitrogen and oxygen atoms in total. The maximum Gasteiger partial charge on any atom is 0.191 e. The number of nitrogens with zero attached hydrogens (tertiary/aromatic N) is 3. The van der Waals surface area contributed by atoms with Crippen molar-refractivity contribution in [2.75, 3.05) is 13.6 Å². The summed E-state index contributed by atoms with van der Waals surface area (Å²) in [5.74, 6) is 0.778. The van der Waals surface area contributed by atoms with E-state index in [4.69, 9.17) is 0 Å². The average molecular weight is 353 g/mol. The van der Waals surface area contributed by atoms with Gasteiger partial charge >= 0.3 is 0 Å². The Morgan fingerprint density at radius 1 is 1.16 bits per heavy atom. The van der Waals surface area contributed by atoms with Crippen LogP contribution in [-0.2, 0) is 13.0 Å². The lowest BCUT2D eigenvalue weighted by molar-refractivity contribution is 0.784. The third-order valence-electron chi connectivity index (χ3n) is 4.11. The maximum absolute atomic E-state index is 4.57. The van der Waals surface area contributed by atoms with Gasteiger partial charge in [0.05, 0.1) is 22.9 Å². The van der Waals surface area contributed by atoms with Crippen LogP contribution in [0.5, 0.6) is 0 Å². The lowest BCUT2D eigenvalue weighted by Crippen LogP contribution is -2.38. The van der Waals surface area contributed by atoms with Crippen molar-refractivity contribution in [3.63, 3.8) is 0 Å². The van der Waals surface area contributed by atoms with Gasteiger partial charge in [0.15, 0.2) is 5.96 Å². The number of fused-ring (bicyclic) bond motifs is 1. The van der Waals surface area contributed by atoms with E-state index in [1.165, 1.54) is 15.6 Å². The number of pyridine rings is 1. The SMILES string of the molecule is CN=C(NCCc1nc(C)c(C)s1)NCc1nccc2ccccc12. The zero-order chi connectivity index (χ0) is 17.6. The molecule has 6 heteroatoms. The number of benzene rings is 1. The quantitative estimate of drug-likeness (QED) is 0.546. The molecule has 130 valence electrons. The number of nitrogens with one attached hydrogen (secondary N) is 2. The second-order valence-corrected chi connectivity index (χ2v) is 7.12. The van der Waals surface area contributed by atoms with Crippen LogP contribution in [0.25, 0.3) is 10.8 Å². The van der Waals surface area contributed by atoms with E-state index < -0.39 is 0 Å². The second kappa shape index (κ2) is 8.07. The number of rotatable bonds is 5. The first-order valence-electron chi connectivity index (χ1n) is 8.37. The summed E-state index contributed by atoms with van der Waals surface area (Å²) < 4.78 is 0. The molecule has 2 N–H and O–H groups in total. The van der Waals surface area contributed by atoms with Crippen LogP contribution in [0.15, 0.2) is 41.5 Å². The van der Waals surface area contributed by atoms with Gasteiger partial charge in [0.2, 0.25) is 0 Å². The summed E-state index contributed by atoms with van der Waals surface area (Å²) in [6.07, 6.45) is 2.75. The number of aryl methyl sites for hydroxylation is 2. The molecule has 3 rings (SSSR count). The molecule has 0 bridgehead atoms. The van der Waals surface area contributed by atoms with Crippen molar-refractivity contribution in [1.82, 2.24) is 20.6 Å². The summed E-state index contributed by atoms with van der Waals surface area (Å²) in [6.45, 7) is 5.60. The number of aliphatic imine (C=N–C) groups is 1. The molecule has 3 aromatic rings. The van der Waals surface area contributed by atoms with Crippen LogP contribution >= 0.6 is 11.3 Å². The minimum Gasteiger partial charge on any atom is -0.356 e. The minimum absolute atomic E-state index is 0.635. The Morgan fingerprint density at radius 3 is 2.76 bits per heavy atom. The van der Waals surface area contributed by atoms with Gasteiger partial charge in [-0.1, -0.05) is 24.3 Å². The lowest BCUT2D eigenvalue weighted by Gasteiger charge is -2.12. The van der Waals surface area contributed by atoms with Crippen LogP contribution in [0.2, 0.25) is 0 Å². The third-order valence-corrected chi connectivity index (χ3v) is 5.24. The number of hydrogen-bond donors (Lipinski definition) is 2. The van der Waals surface area contributed by atoms with Gasteiger partial charge in [-0.15, -0.1) is 11.3 Å². The van der Waals surface area contributed by atoms with Gasteiger partial charge in [-0.05, 0) is 25.3 Å². The predicted octanol–water partition coefficient (Wildman–Crippen LogP) is 3.22. The summed E-state index contributed by atoms with van der Waals surface area (Å²) in [6, 6.07) is 10.3. The largest absolute Gasteiger partial charge is 0.356 e. The molecule has 25 heavy (non-hydrogen) atoms. The minimum atomic E-state index is 0.635. The van der Waals surface area contributed by atoms with Gasteiger partial charge in [0.1, 0.15) is 0 Å². The number of aromatic nitrogens is 2. The summed E-state index contributed by atoms with van der Waals surface area (Å²) in [5.41, 5.74) is 2.15. The van der Waals surface area contributed by atoms with Gasteiger partial charge in [-0.3, -0.25) is 9.98 Å². The second-order valence-electron chi connectivity index (χ2n) is 5.83. The van der Waals surface area contributed by atoms with Crippen molar-refractivity contribution in [2.45, 2.75) is 26.8 Å².